The number of aliphatic hydroxyl groups is 2. The SMILES string of the molecule is COC1=C(N)C[C@@](O)(CO)CC1=N[C@@H](CCCN)C(=O)O. The van der Waals surface area contributed by atoms with Crippen LogP contribution in [-0.4, -0.2) is 58.9 Å². The Morgan fingerprint density at radius 1 is 1.52 bits per heavy atom. The molecule has 0 aliphatic heterocycles. The lowest BCUT2D eigenvalue weighted by Crippen LogP contribution is -2.42. The number of aliphatic carboxylic acids is 1. The lowest BCUT2D eigenvalue weighted by Gasteiger charge is -2.32. The molecule has 0 aromatic carbocycles. The minimum absolute atomic E-state index is 0.0141. The van der Waals surface area contributed by atoms with E-state index in [0.717, 1.165) is 0 Å². The summed E-state index contributed by atoms with van der Waals surface area (Å²) in [6.07, 6.45) is 0.829. The van der Waals surface area contributed by atoms with E-state index in [1.54, 1.807) is 0 Å². The summed E-state index contributed by atoms with van der Waals surface area (Å²) >= 11 is 0. The van der Waals surface area contributed by atoms with Gasteiger partial charge in [-0.25, -0.2) is 4.79 Å². The van der Waals surface area contributed by atoms with Gasteiger partial charge in [0.05, 0.1) is 30.7 Å². The molecule has 120 valence electrons. The molecule has 0 aromatic heterocycles. The molecule has 2 atom stereocenters. The minimum Gasteiger partial charge on any atom is -0.493 e. The van der Waals surface area contributed by atoms with Gasteiger partial charge in [0.1, 0.15) is 6.04 Å². The van der Waals surface area contributed by atoms with Gasteiger partial charge in [0.15, 0.2) is 5.76 Å². The van der Waals surface area contributed by atoms with E-state index in [2.05, 4.69) is 4.99 Å². The summed E-state index contributed by atoms with van der Waals surface area (Å²) in [5, 5.41) is 28.7. The molecule has 8 heteroatoms. The summed E-state index contributed by atoms with van der Waals surface area (Å²) in [5.41, 5.74) is 10.2. The zero-order valence-electron chi connectivity index (χ0n) is 12.1. The van der Waals surface area contributed by atoms with E-state index in [-0.39, 0.29) is 36.4 Å². The van der Waals surface area contributed by atoms with Crippen LogP contribution in [0.5, 0.6) is 0 Å². The Kier molecular flexibility index (Phi) is 6.13. The minimum atomic E-state index is -1.44. The van der Waals surface area contributed by atoms with Crippen LogP contribution < -0.4 is 11.5 Å². The van der Waals surface area contributed by atoms with Crippen molar-refractivity contribution in [1.82, 2.24) is 0 Å². The van der Waals surface area contributed by atoms with Crippen LogP contribution in [0.2, 0.25) is 0 Å². The Labute approximate surface area is 123 Å². The molecule has 0 unspecified atom stereocenters. The number of carboxylic acids is 1. The van der Waals surface area contributed by atoms with Crippen LogP contribution in [0.1, 0.15) is 25.7 Å². The van der Waals surface area contributed by atoms with Crippen molar-refractivity contribution < 1.29 is 24.9 Å². The lowest BCUT2D eigenvalue weighted by atomic mass is 9.85. The predicted molar refractivity (Wildman–Crippen MR) is 76.6 cm³/mol. The Morgan fingerprint density at radius 3 is 2.67 bits per heavy atom. The molecule has 7 N–H and O–H groups in total. The van der Waals surface area contributed by atoms with Gasteiger partial charge in [-0.2, -0.15) is 0 Å². The molecule has 0 saturated carbocycles. The first-order valence-electron chi connectivity index (χ1n) is 6.72. The smallest absolute Gasteiger partial charge is 0.328 e. The molecule has 8 nitrogen and oxygen atoms in total. The van der Waals surface area contributed by atoms with E-state index in [0.29, 0.717) is 13.0 Å². The van der Waals surface area contributed by atoms with Gasteiger partial charge in [-0.05, 0) is 19.4 Å². The highest BCUT2D eigenvalue weighted by Crippen LogP contribution is 2.29. The van der Waals surface area contributed by atoms with Crippen molar-refractivity contribution in [1.29, 1.82) is 0 Å². The molecule has 1 rings (SSSR count). The number of aliphatic hydroxyl groups excluding tert-OH is 1. The van der Waals surface area contributed by atoms with Gasteiger partial charge in [-0.3, -0.25) is 4.99 Å². The van der Waals surface area contributed by atoms with Crippen molar-refractivity contribution >= 4 is 11.7 Å². The number of rotatable bonds is 7. The monoisotopic (exact) mass is 301 g/mol. The van der Waals surface area contributed by atoms with Gasteiger partial charge in [0, 0.05) is 12.8 Å². The highest BCUT2D eigenvalue weighted by atomic mass is 16.5. The van der Waals surface area contributed by atoms with Gasteiger partial charge in [-0.1, -0.05) is 0 Å². The molecule has 0 bridgehead atoms. The Balaban J connectivity index is 3.12. The van der Waals surface area contributed by atoms with E-state index >= 15 is 0 Å². The molecule has 1 aliphatic carbocycles. The number of nitrogens with zero attached hydrogens (tertiary/aromatic N) is 1. The fourth-order valence-electron chi connectivity index (χ4n) is 2.28. The lowest BCUT2D eigenvalue weighted by molar-refractivity contribution is -0.138. The number of nitrogens with two attached hydrogens (primary N) is 2. The second-order valence-corrected chi connectivity index (χ2v) is 5.16. The third kappa shape index (κ3) is 4.42. The van der Waals surface area contributed by atoms with Crippen molar-refractivity contribution in [3.05, 3.63) is 11.5 Å². The molecule has 0 amide bonds. The first-order valence-corrected chi connectivity index (χ1v) is 6.72. The largest absolute Gasteiger partial charge is 0.493 e. The Hall–Kier alpha value is -1.64. The van der Waals surface area contributed by atoms with Crippen LogP contribution in [-0.2, 0) is 9.53 Å². The highest BCUT2D eigenvalue weighted by Gasteiger charge is 2.37. The molecule has 0 heterocycles. The molecule has 0 fully saturated rings. The van der Waals surface area contributed by atoms with E-state index in [1.807, 2.05) is 0 Å². The number of aliphatic imine (C=N–C) groups is 1. The number of methoxy groups -OCH3 is 1. The van der Waals surface area contributed by atoms with Gasteiger partial charge < -0.3 is 31.5 Å². The molecule has 0 spiro atoms. The Bertz CT molecular complexity index is 449. The summed E-state index contributed by atoms with van der Waals surface area (Å²) in [6.45, 7) is -0.130. The molecule has 0 radical (unpaired) electrons. The van der Waals surface area contributed by atoms with E-state index in [1.165, 1.54) is 7.11 Å². The first-order chi connectivity index (χ1) is 9.86. The third-order valence-corrected chi connectivity index (χ3v) is 3.35. The summed E-state index contributed by atoms with van der Waals surface area (Å²) in [4.78, 5) is 15.4. The second kappa shape index (κ2) is 7.39. The second-order valence-electron chi connectivity index (χ2n) is 5.16. The number of hydrogen-bond acceptors (Lipinski definition) is 7. The average Bonchev–Trinajstić information content (AvgIpc) is 2.42. The van der Waals surface area contributed by atoms with E-state index < -0.39 is 24.2 Å². The molecule has 21 heavy (non-hydrogen) atoms. The molecule has 0 aromatic rings. The van der Waals surface area contributed by atoms with Crippen molar-refractivity contribution in [2.45, 2.75) is 37.3 Å². The van der Waals surface area contributed by atoms with Gasteiger partial charge in [0.25, 0.3) is 0 Å². The van der Waals surface area contributed by atoms with Crippen LogP contribution in [0.4, 0.5) is 0 Å². The van der Waals surface area contributed by atoms with Crippen LogP contribution >= 0.6 is 0 Å². The third-order valence-electron chi connectivity index (χ3n) is 3.35. The van der Waals surface area contributed by atoms with Gasteiger partial charge in [-0.15, -0.1) is 0 Å². The topological polar surface area (TPSA) is 151 Å². The van der Waals surface area contributed by atoms with Gasteiger partial charge >= 0.3 is 5.97 Å². The first kappa shape index (κ1) is 17.4. The maximum absolute atomic E-state index is 11.2. The predicted octanol–water partition coefficient (Wildman–Crippen LogP) is -1.05. The maximum Gasteiger partial charge on any atom is 0.328 e. The summed E-state index contributed by atoms with van der Waals surface area (Å²) in [6, 6.07) is -0.984. The number of hydrogen-bond donors (Lipinski definition) is 5. The maximum atomic E-state index is 11.2. The van der Waals surface area contributed by atoms with Crippen molar-refractivity contribution in [2.75, 3.05) is 20.3 Å². The number of ether oxygens (including phenoxy) is 1. The highest BCUT2D eigenvalue weighted by molar-refractivity contribution is 6.01. The quantitative estimate of drug-likeness (QED) is 0.402. The van der Waals surface area contributed by atoms with Crippen molar-refractivity contribution in [2.24, 2.45) is 16.5 Å². The fourth-order valence-corrected chi connectivity index (χ4v) is 2.28. The molecular weight excluding hydrogens is 278 g/mol. The number of allylic oxidation sites excluding steroid dienone is 1. The van der Waals surface area contributed by atoms with Crippen LogP contribution in [0, 0.1) is 0 Å². The standard InChI is InChI=1S/C13H23N3O5/c1-21-11-8(15)5-13(20,7-17)6-10(11)16-9(12(18)19)3-2-4-14/h9,17,20H,2-7,14-15H2,1H3,(H,18,19)/t9-,13-/m0/s1. The molecule has 1 aliphatic rings. The zero-order valence-corrected chi connectivity index (χ0v) is 12.1. The van der Waals surface area contributed by atoms with Crippen molar-refractivity contribution in [3.8, 4) is 0 Å². The van der Waals surface area contributed by atoms with Crippen molar-refractivity contribution in [3.63, 3.8) is 0 Å². The number of carbonyl (C=O) groups is 1. The molecule has 0 saturated heterocycles. The van der Waals surface area contributed by atoms with Gasteiger partial charge in [0.2, 0.25) is 0 Å². The van der Waals surface area contributed by atoms with Crippen LogP contribution in [0.3, 0.4) is 0 Å². The van der Waals surface area contributed by atoms with E-state index in [4.69, 9.17) is 16.2 Å². The average molecular weight is 301 g/mol. The zero-order chi connectivity index (χ0) is 16.0. The fraction of sp³-hybridized carbons (Fsp3) is 0.692. The van der Waals surface area contributed by atoms with Crippen LogP contribution in [0.15, 0.2) is 16.4 Å². The van der Waals surface area contributed by atoms with E-state index in [9.17, 15) is 20.1 Å². The van der Waals surface area contributed by atoms with Crippen LogP contribution in [0.25, 0.3) is 0 Å². The Morgan fingerprint density at radius 2 is 2.19 bits per heavy atom. The molecular formula is C13H23N3O5. The normalized spacial score (nSPS) is 26.0. The summed E-state index contributed by atoms with van der Waals surface area (Å²) < 4.78 is 5.15. The summed E-state index contributed by atoms with van der Waals surface area (Å²) in [7, 11) is 1.40. The number of carboxylic acid groups (broad SMARTS) is 1. The summed E-state index contributed by atoms with van der Waals surface area (Å²) in [5.74, 6) is -0.810.